The van der Waals surface area contributed by atoms with Crippen LogP contribution in [0.1, 0.15) is 25.7 Å². The highest BCUT2D eigenvalue weighted by Crippen LogP contribution is 2.19. The maximum Gasteiger partial charge on any atom is 0.224 e. The van der Waals surface area contributed by atoms with Crippen molar-refractivity contribution in [2.24, 2.45) is 0 Å². The molecule has 1 aliphatic rings. The van der Waals surface area contributed by atoms with E-state index in [2.05, 4.69) is 10.6 Å². The third-order valence-corrected chi connectivity index (χ3v) is 3.32. The predicted molar refractivity (Wildman–Crippen MR) is 77.5 cm³/mol. The highest BCUT2D eigenvalue weighted by molar-refractivity contribution is 6.30. The van der Waals surface area contributed by atoms with E-state index in [1.807, 2.05) is 0 Å². The number of carbonyl (C=O) groups is 1. The van der Waals surface area contributed by atoms with Crippen molar-refractivity contribution >= 4 is 35.6 Å². The first kappa shape index (κ1) is 16.2. The lowest BCUT2D eigenvalue weighted by molar-refractivity contribution is -0.116. The summed E-state index contributed by atoms with van der Waals surface area (Å²) < 4.78 is 13.4. The van der Waals surface area contributed by atoms with E-state index in [4.69, 9.17) is 11.6 Å². The average Bonchev–Trinajstić information content (AvgIpc) is 2.83. The third kappa shape index (κ3) is 4.97. The Morgan fingerprint density at radius 3 is 2.95 bits per heavy atom. The molecule has 0 aliphatic carbocycles. The first-order valence-electron chi connectivity index (χ1n) is 6.13. The molecule has 0 aromatic heterocycles. The predicted octanol–water partition coefficient (Wildman–Crippen LogP) is 3.37. The quantitative estimate of drug-likeness (QED) is 0.895. The molecule has 1 heterocycles. The molecule has 1 aromatic carbocycles. The van der Waals surface area contributed by atoms with Crippen LogP contribution in [0.3, 0.4) is 0 Å². The Morgan fingerprint density at radius 1 is 1.53 bits per heavy atom. The van der Waals surface area contributed by atoms with Crippen molar-refractivity contribution in [1.29, 1.82) is 0 Å². The van der Waals surface area contributed by atoms with Crippen LogP contribution in [0.15, 0.2) is 18.2 Å². The summed E-state index contributed by atoms with van der Waals surface area (Å²) in [5, 5.41) is 6.20. The summed E-state index contributed by atoms with van der Waals surface area (Å²) in [6.07, 6.45) is 3.47. The van der Waals surface area contributed by atoms with Crippen molar-refractivity contribution in [3.05, 3.63) is 29.0 Å². The van der Waals surface area contributed by atoms with Gasteiger partial charge in [0.1, 0.15) is 5.82 Å². The minimum absolute atomic E-state index is 0. The monoisotopic (exact) mass is 306 g/mol. The fraction of sp³-hybridized carbons (Fsp3) is 0.462. The molecule has 1 fully saturated rings. The number of hydrogen-bond acceptors (Lipinski definition) is 2. The Bertz CT molecular complexity index is 437. The Labute approximate surface area is 123 Å². The van der Waals surface area contributed by atoms with Crippen LogP contribution in [0.4, 0.5) is 10.1 Å². The normalized spacial score (nSPS) is 17.9. The van der Waals surface area contributed by atoms with Crippen LogP contribution in [-0.4, -0.2) is 18.5 Å². The lowest BCUT2D eigenvalue weighted by Gasteiger charge is -2.10. The van der Waals surface area contributed by atoms with Crippen LogP contribution >= 0.6 is 24.0 Å². The molecule has 0 saturated carbocycles. The van der Waals surface area contributed by atoms with E-state index in [9.17, 15) is 9.18 Å². The van der Waals surface area contributed by atoms with Crippen molar-refractivity contribution < 1.29 is 9.18 Å². The second kappa shape index (κ2) is 7.68. The number of amides is 1. The number of rotatable bonds is 4. The van der Waals surface area contributed by atoms with Crippen LogP contribution in [0.25, 0.3) is 0 Å². The SMILES string of the molecule is Cl.O=C(CCC1CCCN1)Nc1ccc(Cl)cc1F. The highest BCUT2D eigenvalue weighted by atomic mass is 35.5. The lowest BCUT2D eigenvalue weighted by Crippen LogP contribution is -2.23. The first-order valence-corrected chi connectivity index (χ1v) is 6.51. The average molecular weight is 307 g/mol. The van der Waals surface area contributed by atoms with Gasteiger partial charge in [0.15, 0.2) is 0 Å². The molecule has 0 spiro atoms. The van der Waals surface area contributed by atoms with Crippen LogP contribution in [0.2, 0.25) is 5.02 Å². The molecule has 0 bridgehead atoms. The van der Waals surface area contributed by atoms with Gasteiger partial charge in [-0.15, -0.1) is 12.4 Å². The van der Waals surface area contributed by atoms with E-state index in [1.165, 1.54) is 12.1 Å². The summed E-state index contributed by atoms with van der Waals surface area (Å²) in [6.45, 7) is 1.03. The molecule has 3 nitrogen and oxygen atoms in total. The molecule has 1 aromatic rings. The largest absolute Gasteiger partial charge is 0.324 e. The van der Waals surface area contributed by atoms with Gasteiger partial charge in [-0.3, -0.25) is 4.79 Å². The molecule has 1 aliphatic heterocycles. The molecule has 1 amide bonds. The Balaban J connectivity index is 0.00000180. The first-order chi connectivity index (χ1) is 8.65. The third-order valence-electron chi connectivity index (χ3n) is 3.09. The van der Waals surface area contributed by atoms with Crippen LogP contribution < -0.4 is 10.6 Å². The van der Waals surface area contributed by atoms with Crippen LogP contribution in [0.5, 0.6) is 0 Å². The number of halogens is 3. The van der Waals surface area contributed by atoms with Crippen molar-refractivity contribution in [2.45, 2.75) is 31.7 Å². The minimum Gasteiger partial charge on any atom is -0.324 e. The molecule has 6 heteroatoms. The van der Waals surface area contributed by atoms with Crippen molar-refractivity contribution in [3.8, 4) is 0 Å². The number of carbonyl (C=O) groups excluding carboxylic acids is 1. The molecular formula is C13H17Cl2FN2O. The van der Waals surface area contributed by atoms with Crippen molar-refractivity contribution in [3.63, 3.8) is 0 Å². The smallest absolute Gasteiger partial charge is 0.224 e. The fourth-order valence-corrected chi connectivity index (χ4v) is 2.27. The molecule has 1 unspecified atom stereocenters. The molecule has 2 N–H and O–H groups in total. The standard InChI is InChI=1S/C13H16ClFN2O.ClH/c14-9-3-5-12(11(15)8-9)17-13(18)6-4-10-2-1-7-16-10;/h3,5,8,10,16H,1-2,4,6-7H2,(H,17,18);1H. The van der Waals surface area contributed by atoms with Crippen LogP contribution in [0, 0.1) is 5.82 Å². The summed E-state index contributed by atoms with van der Waals surface area (Å²) in [4.78, 5) is 11.7. The zero-order chi connectivity index (χ0) is 13.0. The maximum atomic E-state index is 13.4. The molecule has 2 rings (SSSR count). The van der Waals surface area contributed by atoms with Crippen molar-refractivity contribution in [1.82, 2.24) is 5.32 Å². The van der Waals surface area contributed by atoms with Gasteiger partial charge in [-0.1, -0.05) is 11.6 Å². The van der Waals surface area contributed by atoms with Gasteiger partial charge in [0, 0.05) is 17.5 Å². The molecule has 0 radical (unpaired) electrons. The molecular weight excluding hydrogens is 290 g/mol. The summed E-state index contributed by atoms with van der Waals surface area (Å²) in [7, 11) is 0. The van der Waals surface area contributed by atoms with Gasteiger partial charge in [-0.25, -0.2) is 4.39 Å². The van der Waals surface area contributed by atoms with E-state index in [1.54, 1.807) is 6.07 Å². The second-order valence-corrected chi connectivity index (χ2v) is 4.94. The summed E-state index contributed by atoms with van der Waals surface area (Å²) in [5.41, 5.74) is 0.184. The number of hydrogen-bond donors (Lipinski definition) is 2. The Kier molecular flexibility index (Phi) is 6.55. The van der Waals surface area contributed by atoms with Crippen molar-refractivity contribution in [2.75, 3.05) is 11.9 Å². The van der Waals surface area contributed by atoms with Gasteiger partial charge in [0.05, 0.1) is 5.69 Å². The maximum absolute atomic E-state index is 13.4. The summed E-state index contributed by atoms with van der Waals surface area (Å²) in [6, 6.07) is 4.64. The van der Waals surface area contributed by atoms with E-state index in [-0.39, 0.29) is 24.0 Å². The van der Waals surface area contributed by atoms with Crippen LogP contribution in [-0.2, 0) is 4.79 Å². The number of nitrogens with one attached hydrogen (secondary N) is 2. The van der Waals surface area contributed by atoms with Gasteiger partial charge in [-0.2, -0.15) is 0 Å². The molecule has 19 heavy (non-hydrogen) atoms. The van der Waals surface area contributed by atoms with Gasteiger partial charge < -0.3 is 10.6 Å². The topological polar surface area (TPSA) is 41.1 Å². The zero-order valence-corrected chi connectivity index (χ0v) is 12.0. The highest BCUT2D eigenvalue weighted by Gasteiger charge is 2.15. The van der Waals surface area contributed by atoms with Gasteiger partial charge in [0.2, 0.25) is 5.91 Å². The van der Waals surface area contributed by atoms with E-state index in [0.717, 1.165) is 25.8 Å². The summed E-state index contributed by atoms with van der Waals surface area (Å²) >= 11 is 5.64. The van der Waals surface area contributed by atoms with E-state index < -0.39 is 5.82 Å². The molecule has 1 saturated heterocycles. The lowest BCUT2D eigenvalue weighted by atomic mass is 10.1. The van der Waals surface area contributed by atoms with Gasteiger partial charge in [-0.05, 0) is 44.0 Å². The van der Waals surface area contributed by atoms with E-state index >= 15 is 0 Å². The molecule has 106 valence electrons. The second-order valence-electron chi connectivity index (χ2n) is 4.50. The number of benzene rings is 1. The summed E-state index contributed by atoms with van der Waals surface area (Å²) in [5.74, 6) is -0.667. The zero-order valence-electron chi connectivity index (χ0n) is 10.4. The Morgan fingerprint density at radius 2 is 2.32 bits per heavy atom. The van der Waals surface area contributed by atoms with Gasteiger partial charge >= 0.3 is 0 Å². The minimum atomic E-state index is -0.505. The number of anilines is 1. The van der Waals surface area contributed by atoms with E-state index in [0.29, 0.717) is 17.5 Å². The Hall–Kier alpha value is -0.840. The molecule has 1 atom stereocenters. The van der Waals surface area contributed by atoms with Gasteiger partial charge in [0.25, 0.3) is 0 Å². The fourth-order valence-electron chi connectivity index (χ4n) is 2.11.